The molecule has 0 unspecified atom stereocenters. The van der Waals surface area contributed by atoms with E-state index in [1.165, 1.54) is 25.7 Å². The smallest absolute Gasteiger partial charge is 0.191 e. The first-order chi connectivity index (χ1) is 10.6. The number of hydrogen-bond acceptors (Lipinski definition) is 3. The number of hydrogen-bond donors (Lipinski definition) is 2. The Bertz CT molecular complexity index is 491. The van der Waals surface area contributed by atoms with E-state index in [4.69, 9.17) is 4.99 Å². The van der Waals surface area contributed by atoms with Crippen molar-refractivity contribution in [2.45, 2.75) is 65.5 Å². The highest BCUT2D eigenvalue weighted by Gasteiger charge is 2.16. The first-order valence-electron chi connectivity index (χ1n) is 8.46. The summed E-state index contributed by atoms with van der Waals surface area (Å²) in [5, 5.41) is 15.3. The van der Waals surface area contributed by atoms with Gasteiger partial charge in [-0.25, -0.2) is 4.99 Å². The minimum atomic E-state index is 0. The molecule has 0 saturated heterocycles. The molecular formula is C16H31IN6. The van der Waals surface area contributed by atoms with Gasteiger partial charge in [0.25, 0.3) is 0 Å². The van der Waals surface area contributed by atoms with Gasteiger partial charge >= 0.3 is 0 Å². The second-order valence-electron chi connectivity index (χ2n) is 6.62. The number of nitrogens with zero attached hydrogens (tertiary/aromatic N) is 4. The molecule has 23 heavy (non-hydrogen) atoms. The number of halogens is 1. The van der Waals surface area contributed by atoms with Crippen molar-refractivity contribution in [1.82, 2.24) is 25.4 Å². The van der Waals surface area contributed by atoms with Crippen molar-refractivity contribution in [3.63, 3.8) is 0 Å². The normalized spacial score (nSPS) is 15.8. The molecule has 1 saturated carbocycles. The van der Waals surface area contributed by atoms with Crippen LogP contribution in [0.3, 0.4) is 0 Å². The molecule has 1 aliphatic carbocycles. The molecule has 7 heteroatoms. The SMILES string of the molecule is Cc1nnc(CN=C(NCCC(C)C)NC2CCCC2)n1C.I. The predicted octanol–water partition coefficient (Wildman–Crippen LogP) is 2.77. The van der Waals surface area contributed by atoms with Gasteiger partial charge in [-0.2, -0.15) is 0 Å². The van der Waals surface area contributed by atoms with Gasteiger partial charge in [0.05, 0.1) is 0 Å². The lowest BCUT2D eigenvalue weighted by molar-refractivity contribution is 0.561. The van der Waals surface area contributed by atoms with Crippen molar-refractivity contribution in [3.05, 3.63) is 11.6 Å². The third-order valence-electron chi connectivity index (χ3n) is 4.27. The maximum absolute atomic E-state index is 4.70. The lowest BCUT2D eigenvalue weighted by Crippen LogP contribution is -2.43. The van der Waals surface area contributed by atoms with Crippen LogP contribution in [-0.2, 0) is 13.6 Å². The van der Waals surface area contributed by atoms with E-state index >= 15 is 0 Å². The van der Waals surface area contributed by atoms with Crippen LogP contribution in [0.25, 0.3) is 0 Å². The van der Waals surface area contributed by atoms with Crippen molar-refractivity contribution in [1.29, 1.82) is 0 Å². The zero-order valence-electron chi connectivity index (χ0n) is 14.8. The van der Waals surface area contributed by atoms with E-state index in [0.717, 1.165) is 30.6 Å². The minimum Gasteiger partial charge on any atom is -0.356 e. The first kappa shape index (κ1) is 20.2. The molecule has 0 aliphatic heterocycles. The number of aliphatic imine (C=N–C) groups is 1. The predicted molar refractivity (Wildman–Crippen MR) is 105 cm³/mol. The van der Waals surface area contributed by atoms with Crippen LogP contribution >= 0.6 is 24.0 Å². The van der Waals surface area contributed by atoms with Crippen LogP contribution in [0.15, 0.2) is 4.99 Å². The Kier molecular flexibility index (Phi) is 8.86. The topological polar surface area (TPSA) is 67.1 Å². The molecular weight excluding hydrogens is 403 g/mol. The van der Waals surface area contributed by atoms with Crippen LogP contribution in [0.4, 0.5) is 0 Å². The van der Waals surface area contributed by atoms with Gasteiger partial charge in [-0.15, -0.1) is 34.2 Å². The van der Waals surface area contributed by atoms with Crippen molar-refractivity contribution in [2.24, 2.45) is 18.0 Å². The van der Waals surface area contributed by atoms with Crippen LogP contribution in [-0.4, -0.2) is 33.3 Å². The molecule has 132 valence electrons. The second kappa shape index (κ2) is 10.1. The molecule has 1 aromatic heterocycles. The van der Waals surface area contributed by atoms with E-state index < -0.39 is 0 Å². The summed E-state index contributed by atoms with van der Waals surface area (Å²) >= 11 is 0. The van der Waals surface area contributed by atoms with Crippen LogP contribution in [0.2, 0.25) is 0 Å². The quantitative estimate of drug-likeness (QED) is 0.411. The standard InChI is InChI=1S/C16H30N6.HI/c1-12(2)9-10-17-16(19-14-7-5-6-8-14)18-11-15-21-20-13(3)22(15)4;/h12,14H,5-11H2,1-4H3,(H2,17,18,19);1H. The monoisotopic (exact) mass is 434 g/mol. The van der Waals surface area contributed by atoms with E-state index in [-0.39, 0.29) is 24.0 Å². The van der Waals surface area contributed by atoms with E-state index in [1.807, 2.05) is 18.5 Å². The summed E-state index contributed by atoms with van der Waals surface area (Å²) in [5.41, 5.74) is 0. The summed E-state index contributed by atoms with van der Waals surface area (Å²) in [4.78, 5) is 4.70. The molecule has 1 fully saturated rings. The summed E-state index contributed by atoms with van der Waals surface area (Å²) in [6.45, 7) is 7.95. The Balaban J connectivity index is 0.00000264. The average Bonchev–Trinajstić information content (AvgIpc) is 3.08. The Morgan fingerprint density at radius 2 is 2.00 bits per heavy atom. The number of rotatable bonds is 6. The maximum Gasteiger partial charge on any atom is 0.191 e. The molecule has 0 amide bonds. The Labute approximate surface area is 157 Å². The van der Waals surface area contributed by atoms with E-state index in [2.05, 4.69) is 34.7 Å². The van der Waals surface area contributed by atoms with Gasteiger partial charge in [0.1, 0.15) is 12.4 Å². The zero-order chi connectivity index (χ0) is 15.9. The maximum atomic E-state index is 4.70. The molecule has 0 bridgehead atoms. The van der Waals surface area contributed by atoms with E-state index in [9.17, 15) is 0 Å². The number of nitrogens with one attached hydrogen (secondary N) is 2. The third kappa shape index (κ3) is 6.64. The van der Waals surface area contributed by atoms with Crippen molar-refractivity contribution in [2.75, 3.05) is 6.54 Å². The highest BCUT2D eigenvalue weighted by Crippen LogP contribution is 2.17. The lowest BCUT2D eigenvalue weighted by atomic mass is 10.1. The zero-order valence-corrected chi connectivity index (χ0v) is 17.1. The molecule has 0 radical (unpaired) electrons. The molecule has 0 aromatic carbocycles. The molecule has 0 spiro atoms. The fourth-order valence-corrected chi connectivity index (χ4v) is 2.63. The van der Waals surface area contributed by atoms with Crippen molar-refractivity contribution < 1.29 is 0 Å². The highest BCUT2D eigenvalue weighted by atomic mass is 127. The van der Waals surface area contributed by atoms with E-state index in [0.29, 0.717) is 18.5 Å². The van der Waals surface area contributed by atoms with Gasteiger partial charge in [0.2, 0.25) is 0 Å². The number of guanidine groups is 1. The highest BCUT2D eigenvalue weighted by molar-refractivity contribution is 14.0. The van der Waals surface area contributed by atoms with Crippen LogP contribution in [0, 0.1) is 12.8 Å². The summed E-state index contributed by atoms with van der Waals surface area (Å²) in [6.07, 6.45) is 6.27. The van der Waals surface area contributed by atoms with Gasteiger partial charge in [-0.3, -0.25) is 0 Å². The minimum absolute atomic E-state index is 0. The molecule has 1 aromatic rings. The van der Waals surface area contributed by atoms with Gasteiger partial charge in [-0.1, -0.05) is 26.7 Å². The Morgan fingerprint density at radius 1 is 1.30 bits per heavy atom. The summed E-state index contributed by atoms with van der Waals surface area (Å²) in [5.74, 6) is 3.42. The van der Waals surface area contributed by atoms with E-state index in [1.54, 1.807) is 0 Å². The summed E-state index contributed by atoms with van der Waals surface area (Å²) in [7, 11) is 1.98. The van der Waals surface area contributed by atoms with Gasteiger partial charge in [0, 0.05) is 19.6 Å². The largest absolute Gasteiger partial charge is 0.356 e. The molecule has 2 rings (SSSR count). The molecule has 6 nitrogen and oxygen atoms in total. The fourth-order valence-electron chi connectivity index (χ4n) is 2.63. The fraction of sp³-hybridized carbons (Fsp3) is 0.812. The van der Waals surface area contributed by atoms with Crippen LogP contribution in [0.1, 0.15) is 57.6 Å². The Hall–Kier alpha value is -0.860. The first-order valence-corrected chi connectivity index (χ1v) is 8.46. The summed E-state index contributed by atoms with van der Waals surface area (Å²) < 4.78 is 1.99. The number of aromatic nitrogens is 3. The third-order valence-corrected chi connectivity index (χ3v) is 4.27. The molecule has 1 heterocycles. The molecule has 1 aliphatic rings. The van der Waals surface area contributed by atoms with Crippen molar-refractivity contribution in [3.8, 4) is 0 Å². The Morgan fingerprint density at radius 3 is 2.57 bits per heavy atom. The summed E-state index contributed by atoms with van der Waals surface area (Å²) in [6, 6.07) is 0.562. The average molecular weight is 434 g/mol. The lowest BCUT2D eigenvalue weighted by Gasteiger charge is -2.18. The molecule has 2 N–H and O–H groups in total. The van der Waals surface area contributed by atoms with Crippen molar-refractivity contribution >= 4 is 29.9 Å². The number of aryl methyl sites for hydroxylation is 1. The van der Waals surface area contributed by atoms with Gasteiger partial charge in [-0.05, 0) is 32.1 Å². The second-order valence-corrected chi connectivity index (χ2v) is 6.62. The van der Waals surface area contributed by atoms with Crippen LogP contribution in [0.5, 0.6) is 0 Å². The molecule has 0 atom stereocenters. The van der Waals surface area contributed by atoms with Gasteiger partial charge in [0.15, 0.2) is 11.8 Å². The van der Waals surface area contributed by atoms with Crippen LogP contribution < -0.4 is 10.6 Å². The van der Waals surface area contributed by atoms with Gasteiger partial charge < -0.3 is 15.2 Å².